The van der Waals surface area contributed by atoms with E-state index in [9.17, 15) is 24.0 Å². The van der Waals surface area contributed by atoms with Gasteiger partial charge in [-0.3, -0.25) is 14.2 Å². The molecule has 0 saturated carbocycles. The number of hydrogen-bond donors (Lipinski definition) is 5. The van der Waals surface area contributed by atoms with E-state index in [1.807, 2.05) is 25.6 Å². The lowest BCUT2D eigenvalue weighted by Gasteiger charge is -2.42. The van der Waals surface area contributed by atoms with Crippen molar-refractivity contribution in [1.29, 1.82) is 0 Å². The van der Waals surface area contributed by atoms with Crippen LogP contribution >= 0.6 is 23.8 Å². The molecule has 4 aliphatic rings. The van der Waals surface area contributed by atoms with Crippen molar-refractivity contribution >= 4 is 59.5 Å². The normalized spacial score (nSPS) is 24.5. The van der Waals surface area contributed by atoms with Gasteiger partial charge >= 0.3 is 17.7 Å². The Morgan fingerprint density at radius 3 is 2.31 bits per heavy atom. The SMILES string of the molecule is COC(=O)C=Cc1cn([C@@H]2OC(COC(SOC(C)(C)CCC(=O)NCCOCCOCCNC(=O)CCCC[C@@H]3SC[C@H]4NC(=O)N[C@@H]34)(C(C)C)C(C)C)[C@@H]3OC(C)(C)O[C@H]23)c(=O)nc1N. The Morgan fingerprint density at radius 2 is 1.66 bits per heavy atom. The van der Waals surface area contributed by atoms with Gasteiger partial charge in [0.1, 0.15) is 29.1 Å². The molecule has 20 nitrogen and oxygen atoms in total. The van der Waals surface area contributed by atoms with E-state index >= 15 is 0 Å². The summed E-state index contributed by atoms with van der Waals surface area (Å²) in [4.78, 5) is 64.6. The van der Waals surface area contributed by atoms with Gasteiger partial charge in [-0.15, -0.1) is 0 Å². The van der Waals surface area contributed by atoms with Gasteiger partial charge in [-0.25, -0.2) is 14.4 Å². The third kappa shape index (κ3) is 15.5. The number of fused-ring (bicyclic) bond motifs is 2. The van der Waals surface area contributed by atoms with Crippen LogP contribution in [0.3, 0.4) is 0 Å². The highest BCUT2D eigenvalue weighted by atomic mass is 32.2. The molecule has 7 atom stereocenters. The third-order valence-electron chi connectivity index (χ3n) is 12.0. The molecule has 4 amide bonds. The van der Waals surface area contributed by atoms with Gasteiger partial charge in [0.05, 0.1) is 57.8 Å². The maximum absolute atomic E-state index is 13.2. The standard InChI is InChI=1S/C45H73N7O13S2/c1-27(2)45(28(3)4,61-25-31-37-38(64-44(7,8)63-37)40(62-31)52-24-29(14-15-35(55)58-9)39(46)51-42(52)57)67-65-43(5,6)17-16-34(54)48-19-21-60-23-22-59-20-18-47-33(53)13-11-10-12-32-36-30(26-66-32)49-41(56)50-36/h14-15,24,27-28,30-32,36-38,40H,10-13,16-23,25-26H2,1-9H3,(H,47,53)(H,48,54)(H2,46,51,57)(H2,49,50,56)/t30-,31?,32+,36-,37+,38+,40-/m1/s1. The number of nitrogens with two attached hydrogens (primary N) is 1. The number of amides is 4. The minimum atomic E-state index is -0.974. The zero-order valence-corrected chi connectivity index (χ0v) is 42.1. The van der Waals surface area contributed by atoms with E-state index in [0.717, 1.165) is 25.0 Å². The molecule has 22 heteroatoms. The predicted octanol–water partition coefficient (Wildman–Crippen LogP) is 3.67. The number of hydrogen-bond acceptors (Lipinski definition) is 17. The topological polar surface area (TPSA) is 251 Å². The number of anilines is 1. The van der Waals surface area contributed by atoms with E-state index in [0.29, 0.717) is 63.2 Å². The van der Waals surface area contributed by atoms with Crippen LogP contribution in [0.2, 0.25) is 0 Å². The number of nitrogens with one attached hydrogen (secondary N) is 4. The lowest BCUT2D eigenvalue weighted by Crippen LogP contribution is -2.45. The molecule has 1 aromatic heterocycles. The average molecular weight is 984 g/mol. The minimum absolute atomic E-state index is 0.00363. The molecule has 6 N–H and O–H groups in total. The van der Waals surface area contributed by atoms with Gasteiger partial charge in [-0.05, 0) is 64.9 Å². The number of carbonyl (C=O) groups is 4. The summed E-state index contributed by atoms with van der Waals surface area (Å²) in [7, 11) is 1.25. The molecule has 0 spiro atoms. The Hall–Kier alpha value is -3.48. The summed E-state index contributed by atoms with van der Waals surface area (Å²) in [6, 6.07) is 0.328. The summed E-state index contributed by atoms with van der Waals surface area (Å²) in [6.45, 7) is 18.0. The van der Waals surface area contributed by atoms with Crippen molar-refractivity contribution in [2.75, 3.05) is 64.7 Å². The van der Waals surface area contributed by atoms with Crippen LogP contribution < -0.4 is 32.7 Å². The van der Waals surface area contributed by atoms with Gasteiger partial charge in [0.2, 0.25) is 11.8 Å². The molecule has 0 aliphatic carbocycles. The van der Waals surface area contributed by atoms with Crippen LogP contribution in [0.1, 0.15) is 106 Å². The summed E-state index contributed by atoms with van der Waals surface area (Å²) < 4.78 is 49.5. The first-order chi connectivity index (χ1) is 31.7. The summed E-state index contributed by atoms with van der Waals surface area (Å²) in [5, 5.41) is 12.1. The highest BCUT2D eigenvalue weighted by Gasteiger charge is 2.57. The first-order valence-corrected chi connectivity index (χ1v) is 25.1. The van der Waals surface area contributed by atoms with Crippen molar-refractivity contribution in [3.8, 4) is 0 Å². The fraction of sp³-hybridized carbons (Fsp3) is 0.778. The Labute approximate surface area is 402 Å². The van der Waals surface area contributed by atoms with Crippen LogP contribution in [-0.4, -0.2) is 144 Å². The quantitative estimate of drug-likeness (QED) is 0.0201. The Kier molecular flexibility index (Phi) is 20.2. The van der Waals surface area contributed by atoms with Crippen LogP contribution in [0.15, 0.2) is 17.1 Å². The van der Waals surface area contributed by atoms with E-state index in [1.165, 1.54) is 42.1 Å². The molecule has 0 aromatic carbocycles. The Balaban J connectivity index is 0.978. The number of aromatic nitrogens is 2. The maximum atomic E-state index is 13.2. The van der Waals surface area contributed by atoms with Crippen molar-refractivity contribution in [2.24, 2.45) is 11.8 Å². The van der Waals surface area contributed by atoms with Crippen molar-refractivity contribution in [1.82, 2.24) is 30.8 Å². The van der Waals surface area contributed by atoms with Gasteiger partial charge in [0.15, 0.2) is 12.0 Å². The zero-order chi connectivity index (χ0) is 48.9. The largest absolute Gasteiger partial charge is 0.466 e. The summed E-state index contributed by atoms with van der Waals surface area (Å²) in [6.07, 6.45) is 5.05. The number of esters is 1. The molecule has 378 valence electrons. The van der Waals surface area contributed by atoms with Crippen LogP contribution in [0, 0.1) is 11.8 Å². The number of ether oxygens (including phenoxy) is 7. The van der Waals surface area contributed by atoms with Gasteiger partial charge in [0, 0.05) is 66.8 Å². The second-order valence-electron chi connectivity index (χ2n) is 18.8. The molecule has 4 saturated heterocycles. The molecule has 0 bridgehead atoms. The monoisotopic (exact) mass is 983 g/mol. The summed E-state index contributed by atoms with van der Waals surface area (Å²) in [5.74, 6) is -0.869. The van der Waals surface area contributed by atoms with E-state index in [2.05, 4.69) is 58.7 Å². The van der Waals surface area contributed by atoms with Crippen molar-refractivity contribution in [2.45, 2.75) is 152 Å². The number of rotatable bonds is 28. The number of methoxy groups -OCH3 is 1. The highest BCUT2D eigenvalue weighted by molar-refractivity contribution is 8.00. The zero-order valence-electron chi connectivity index (χ0n) is 40.4. The van der Waals surface area contributed by atoms with Crippen molar-refractivity contribution < 1.29 is 56.5 Å². The molecule has 5 rings (SSSR count). The number of nitrogens with zero attached hydrogens (tertiary/aromatic N) is 2. The Morgan fingerprint density at radius 1 is 1.00 bits per heavy atom. The molecular weight excluding hydrogens is 911 g/mol. The third-order valence-corrected chi connectivity index (χ3v) is 15.4. The summed E-state index contributed by atoms with van der Waals surface area (Å²) >= 11 is 3.12. The van der Waals surface area contributed by atoms with E-state index in [1.54, 1.807) is 13.8 Å². The number of nitrogen functional groups attached to an aromatic ring is 1. The predicted molar refractivity (Wildman–Crippen MR) is 254 cm³/mol. The lowest BCUT2D eigenvalue weighted by molar-refractivity contribution is -0.207. The number of unbranched alkanes of at least 4 members (excludes halogenated alkanes) is 1. The first-order valence-electron chi connectivity index (χ1n) is 23.3. The van der Waals surface area contributed by atoms with Crippen molar-refractivity contribution in [3.63, 3.8) is 0 Å². The second-order valence-corrected chi connectivity index (χ2v) is 21.1. The number of carbonyl (C=O) groups excluding carboxylic acids is 4. The fourth-order valence-electron chi connectivity index (χ4n) is 8.41. The van der Waals surface area contributed by atoms with E-state index in [-0.39, 0.29) is 60.6 Å². The minimum Gasteiger partial charge on any atom is -0.466 e. The molecule has 4 fully saturated rings. The maximum Gasteiger partial charge on any atom is 0.351 e. The van der Waals surface area contributed by atoms with Gasteiger partial charge in [-0.2, -0.15) is 16.7 Å². The first kappa shape index (κ1) is 54.5. The van der Waals surface area contributed by atoms with E-state index in [4.69, 9.17) is 38.3 Å². The average Bonchev–Trinajstić information content (AvgIpc) is 4.00. The van der Waals surface area contributed by atoms with Gasteiger partial charge < -0.3 is 64.3 Å². The molecule has 0 radical (unpaired) electrons. The molecule has 1 unspecified atom stereocenters. The van der Waals surface area contributed by atoms with Crippen LogP contribution in [0.4, 0.5) is 10.6 Å². The molecule has 4 aliphatic heterocycles. The fourth-order valence-corrected chi connectivity index (χ4v) is 10.9. The van der Waals surface area contributed by atoms with Crippen LogP contribution in [0.25, 0.3) is 6.08 Å². The molecule has 1 aromatic rings. The van der Waals surface area contributed by atoms with Crippen LogP contribution in [0.5, 0.6) is 0 Å². The number of urea groups is 1. The molecule has 5 heterocycles. The van der Waals surface area contributed by atoms with Gasteiger partial charge in [-0.1, -0.05) is 34.1 Å². The Bertz CT molecular complexity index is 1910. The summed E-state index contributed by atoms with van der Waals surface area (Å²) in [5.41, 5.74) is 4.98. The van der Waals surface area contributed by atoms with Gasteiger partial charge in [0.25, 0.3) is 0 Å². The van der Waals surface area contributed by atoms with Crippen LogP contribution in [-0.2, 0) is 51.7 Å². The smallest absolute Gasteiger partial charge is 0.351 e. The van der Waals surface area contributed by atoms with Crippen molar-refractivity contribution in [3.05, 3.63) is 28.3 Å². The highest BCUT2D eigenvalue weighted by Crippen LogP contribution is 2.47. The van der Waals surface area contributed by atoms with E-state index < -0.39 is 52.5 Å². The molecule has 67 heavy (non-hydrogen) atoms. The second kappa shape index (κ2) is 24.9. The number of thioether (sulfide) groups is 1. The lowest BCUT2D eigenvalue weighted by atomic mass is 9.95. The molecular formula is C45H73N7O13S2.